The highest BCUT2D eigenvalue weighted by Crippen LogP contribution is 2.35. The Labute approximate surface area is 119 Å². The molecule has 1 heterocycles. The SMILES string of the molecule is CC(C)Oc1cccc2c1nc(N)n2C1CCCCC1. The number of hydrogen-bond donors (Lipinski definition) is 1. The van der Waals surface area contributed by atoms with Gasteiger partial charge in [0.1, 0.15) is 11.3 Å². The summed E-state index contributed by atoms with van der Waals surface area (Å²) in [7, 11) is 0. The van der Waals surface area contributed by atoms with Crippen LogP contribution in [0.2, 0.25) is 0 Å². The maximum absolute atomic E-state index is 6.18. The number of benzene rings is 1. The fraction of sp³-hybridized carbons (Fsp3) is 0.562. The monoisotopic (exact) mass is 273 g/mol. The molecule has 1 aliphatic rings. The van der Waals surface area contributed by atoms with Crippen LogP contribution in [-0.4, -0.2) is 15.7 Å². The van der Waals surface area contributed by atoms with Gasteiger partial charge in [0.2, 0.25) is 5.95 Å². The molecule has 1 fully saturated rings. The molecule has 1 aliphatic carbocycles. The van der Waals surface area contributed by atoms with Crippen molar-refractivity contribution in [3.63, 3.8) is 0 Å². The molecule has 108 valence electrons. The normalized spacial score (nSPS) is 16.9. The van der Waals surface area contributed by atoms with Crippen LogP contribution >= 0.6 is 0 Å². The molecule has 0 spiro atoms. The van der Waals surface area contributed by atoms with Crippen molar-refractivity contribution in [3.05, 3.63) is 18.2 Å². The molecule has 1 saturated carbocycles. The van der Waals surface area contributed by atoms with Gasteiger partial charge in [-0.3, -0.25) is 0 Å². The van der Waals surface area contributed by atoms with E-state index in [1.807, 2.05) is 26.0 Å². The molecule has 1 aromatic heterocycles. The molecule has 2 N–H and O–H groups in total. The number of ether oxygens (including phenoxy) is 1. The topological polar surface area (TPSA) is 53.1 Å². The Morgan fingerprint density at radius 2 is 2.00 bits per heavy atom. The van der Waals surface area contributed by atoms with Crippen molar-refractivity contribution in [2.24, 2.45) is 0 Å². The van der Waals surface area contributed by atoms with E-state index in [-0.39, 0.29) is 6.10 Å². The molecule has 4 nitrogen and oxygen atoms in total. The van der Waals surface area contributed by atoms with Gasteiger partial charge in [-0.15, -0.1) is 0 Å². The van der Waals surface area contributed by atoms with Gasteiger partial charge in [0.25, 0.3) is 0 Å². The van der Waals surface area contributed by atoms with Gasteiger partial charge in [-0.2, -0.15) is 0 Å². The number of para-hydroxylation sites is 1. The molecule has 0 radical (unpaired) electrons. The molecule has 0 atom stereocenters. The zero-order valence-corrected chi connectivity index (χ0v) is 12.3. The van der Waals surface area contributed by atoms with Crippen molar-refractivity contribution < 1.29 is 4.74 Å². The third kappa shape index (κ3) is 2.35. The third-order valence-corrected chi connectivity index (χ3v) is 4.01. The lowest BCUT2D eigenvalue weighted by atomic mass is 9.95. The van der Waals surface area contributed by atoms with E-state index in [4.69, 9.17) is 10.5 Å². The summed E-state index contributed by atoms with van der Waals surface area (Å²) in [5.74, 6) is 1.45. The summed E-state index contributed by atoms with van der Waals surface area (Å²) in [5.41, 5.74) is 8.18. The number of rotatable bonds is 3. The predicted molar refractivity (Wildman–Crippen MR) is 82.0 cm³/mol. The molecular weight excluding hydrogens is 250 g/mol. The fourth-order valence-electron chi connectivity index (χ4n) is 3.18. The lowest BCUT2D eigenvalue weighted by molar-refractivity contribution is 0.245. The van der Waals surface area contributed by atoms with Crippen LogP contribution in [-0.2, 0) is 0 Å². The largest absolute Gasteiger partial charge is 0.489 e. The summed E-state index contributed by atoms with van der Waals surface area (Å²) in [6.45, 7) is 4.06. The second-order valence-corrected chi connectivity index (χ2v) is 5.92. The van der Waals surface area contributed by atoms with Gasteiger partial charge in [-0.25, -0.2) is 4.98 Å². The van der Waals surface area contributed by atoms with Gasteiger partial charge in [-0.1, -0.05) is 25.3 Å². The maximum Gasteiger partial charge on any atom is 0.201 e. The number of nitrogen functional groups attached to an aromatic ring is 1. The third-order valence-electron chi connectivity index (χ3n) is 4.01. The molecule has 1 aromatic carbocycles. The molecule has 2 aromatic rings. The van der Waals surface area contributed by atoms with Gasteiger partial charge in [0, 0.05) is 6.04 Å². The van der Waals surface area contributed by atoms with Crippen molar-refractivity contribution in [1.82, 2.24) is 9.55 Å². The number of fused-ring (bicyclic) bond motifs is 1. The molecule has 20 heavy (non-hydrogen) atoms. The summed E-state index contributed by atoms with van der Waals surface area (Å²) >= 11 is 0. The Kier molecular flexibility index (Phi) is 3.55. The Bertz CT molecular complexity index is 597. The highest BCUT2D eigenvalue weighted by Gasteiger charge is 2.21. The molecule has 0 amide bonds. The van der Waals surface area contributed by atoms with Gasteiger partial charge in [0.05, 0.1) is 11.6 Å². The molecular formula is C16H23N3O. The first-order valence-corrected chi connectivity index (χ1v) is 7.60. The summed E-state index contributed by atoms with van der Waals surface area (Å²) in [5, 5.41) is 0. The van der Waals surface area contributed by atoms with Gasteiger partial charge in [0.15, 0.2) is 0 Å². The predicted octanol–water partition coefficient (Wildman–Crippen LogP) is 3.91. The molecule has 0 saturated heterocycles. The van der Waals surface area contributed by atoms with Crippen LogP contribution in [0, 0.1) is 0 Å². The van der Waals surface area contributed by atoms with Crippen molar-refractivity contribution in [1.29, 1.82) is 0 Å². The van der Waals surface area contributed by atoms with Gasteiger partial charge >= 0.3 is 0 Å². The zero-order valence-electron chi connectivity index (χ0n) is 12.3. The lowest BCUT2D eigenvalue weighted by Crippen LogP contribution is -2.14. The van der Waals surface area contributed by atoms with Crippen LogP contribution in [0.15, 0.2) is 18.2 Å². The molecule has 3 rings (SSSR count). The average Bonchev–Trinajstić information content (AvgIpc) is 2.76. The van der Waals surface area contributed by atoms with E-state index < -0.39 is 0 Å². The van der Waals surface area contributed by atoms with Crippen molar-refractivity contribution in [3.8, 4) is 5.75 Å². The number of nitrogens with zero attached hydrogens (tertiary/aromatic N) is 2. The number of aromatic nitrogens is 2. The van der Waals surface area contributed by atoms with E-state index in [9.17, 15) is 0 Å². The number of nitrogens with two attached hydrogens (primary N) is 1. The van der Waals surface area contributed by atoms with E-state index in [1.165, 1.54) is 32.1 Å². The van der Waals surface area contributed by atoms with Crippen LogP contribution in [0.1, 0.15) is 52.0 Å². The highest BCUT2D eigenvalue weighted by atomic mass is 16.5. The summed E-state index contributed by atoms with van der Waals surface area (Å²) in [6.07, 6.45) is 6.44. The van der Waals surface area contributed by atoms with Crippen molar-refractivity contribution >= 4 is 17.0 Å². The Morgan fingerprint density at radius 1 is 1.25 bits per heavy atom. The first-order valence-electron chi connectivity index (χ1n) is 7.60. The minimum atomic E-state index is 0.140. The molecule has 0 aliphatic heterocycles. The molecule has 4 heteroatoms. The van der Waals surface area contributed by atoms with E-state index in [1.54, 1.807) is 0 Å². The Morgan fingerprint density at radius 3 is 2.70 bits per heavy atom. The zero-order chi connectivity index (χ0) is 14.1. The first kappa shape index (κ1) is 13.3. The molecule has 0 unspecified atom stereocenters. The first-order chi connectivity index (χ1) is 9.66. The van der Waals surface area contributed by atoms with E-state index >= 15 is 0 Å². The number of imidazole rings is 1. The number of hydrogen-bond acceptors (Lipinski definition) is 3. The van der Waals surface area contributed by atoms with Crippen molar-refractivity contribution in [2.75, 3.05) is 5.73 Å². The minimum absolute atomic E-state index is 0.140. The van der Waals surface area contributed by atoms with Crippen LogP contribution in [0.4, 0.5) is 5.95 Å². The van der Waals surface area contributed by atoms with E-state index in [2.05, 4.69) is 15.6 Å². The quantitative estimate of drug-likeness (QED) is 0.922. The Hall–Kier alpha value is -1.71. The standard InChI is InChI=1S/C16H23N3O/c1-11(2)20-14-10-6-9-13-15(14)18-16(17)19(13)12-7-4-3-5-8-12/h6,9-12H,3-5,7-8H2,1-2H3,(H2,17,18). The highest BCUT2D eigenvalue weighted by molar-refractivity contribution is 5.84. The lowest BCUT2D eigenvalue weighted by Gasteiger charge is -2.24. The second kappa shape index (κ2) is 5.35. The minimum Gasteiger partial charge on any atom is -0.489 e. The van der Waals surface area contributed by atoms with Gasteiger partial charge in [-0.05, 0) is 38.8 Å². The van der Waals surface area contributed by atoms with Crippen LogP contribution in [0.3, 0.4) is 0 Å². The second-order valence-electron chi connectivity index (χ2n) is 5.92. The molecule has 0 bridgehead atoms. The summed E-state index contributed by atoms with van der Waals surface area (Å²) < 4.78 is 8.06. The van der Waals surface area contributed by atoms with Crippen molar-refractivity contribution in [2.45, 2.75) is 58.1 Å². The van der Waals surface area contributed by atoms with Gasteiger partial charge < -0.3 is 15.0 Å². The smallest absolute Gasteiger partial charge is 0.201 e. The summed E-state index contributed by atoms with van der Waals surface area (Å²) in [4.78, 5) is 4.56. The average molecular weight is 273 g/mol. The maximum atomic E-state index is 6.18. The van der Waals surface area contributed by atoms with Crippen LogP contribution < -0.4 is 10.5 Å². The van der Waals surface area contributed by atoms with E-state index in [0.29, 0.717) is 12.0 Å². The summed E-state index contributed by atoms with van der Waals surface area (Å²) in [6, 6.07) is 6.59. The Balaban J connectivity index is 2.06. The van der Waals surface area contributed by atoms with Crippen LogP contribution in [0.5, 0.6) is 5.75 Å². The van der Waals surface area contributed by atoms with E-state index in [0.717, 1.165) is 16.8 Å². The number of anilines is 1. The fourth-order valence-corrected chi connectivity index (χ4v) is 3.18. The van der Waals surface area contributed by atoms with Crippen LogP contribution in [0.25, 0.3) is 11.0 Å².